The number of alkyl halides is 5. The number of nitrogens with one attached hydrogen (secondary N) is 1. The van der Waals surface area contributed by atoms with Gasteiger partial charge in [0.1, 0.15) is 6.04 Å². The highest BCUT2D eigenvalue weighted by Crippen LogP contribution is 2.44. The Morgan fingerprint density at radius 1 is 1.06 bits per heavy atom. The predicted octanol–water partition coefficient (Wildman–Crippen LogP) is 3.37. The fourth-order valence-electron chi connectivity index (χ4n) is 1.72. The Kier molecular flexibility index (Phi) is 2.81. The van der Waals surface area contributed by atoms with Crippen LogP contribution in [0, 0.1) is 0 Å². The first-order chi connectivity index (χ1) is 8.25. The van der Waals surface area contributed by atoms with Gasteiger partial charge >= 0.3 is 12.1 Å². The van der Waals surface area contributed by atoms with Gasteiger partial charge in [-0.1, -0.05) is 18.2 Å². The number of halogens is 5. The second kappa shape index (κ2) is 3.94. The topological polar surface area (TPSA) is 41.8 Å². The number of aromatic nitrogens is 1. The number of fused-ring (bicyclic) bond motifs is 1. The number of nitrogens with two attached hydrogens (primary N) is 1. The third kappa shape index (κ3) is 1.84. The molecule has 0 spiro atoms. The van der Waals surface area contributed by atoms with Crippen LogP contribution in [0.3, 0.4) is 0 Å². The fraction of sp³-hybridized carbons (Fsp3) is 0.273. The van der Waals surface area contributed by atoms with E-state index in [1.54, 1.807) is 12.1 Å². The number of aromatic amines is 1. The number of H-pyrrole nitrogens is 1. The normalized spacial score (nSPS) is 15.0. The van der Waals surface area contributed by atoms with Gasteiger partial charge in [-0.05, 0) is 6.07 Å². The highest BCUT2D eigenvalue weighted by atomic mass is 19.4. The van der Waals surface area contributed by atoms with Crippen molar-refractivity contribution in [2.45, 2.75) is 18.1 Å². The summed E-state index contributed by atoms with van der Waals surface area (Å²) in [6, 6.07) is 3.74. The molecule has 3 N–H and O–H groups in total. The van der Waals surface area contributed by atoms with Crippen LogP contribution in [-0.4, -0.2) is 17.1 Å². The molecule has 0 aliphatic rings. The Labute approximate surface area is 98.6 Å². The summed E-state index contributed by atoms with van der Waals surface area (Å²) in [5, 5.41) is 0.258. The molecule has 0 saturated heterocycles. The molecular formula is C11H9F5N2. The van der Waals surface area contributed by atoms with Crippen molar-refractivity contribution in [1.82, 2.24) is 4.98 Å². The van der Waals surface area contributed by atoms with Gasteiger partial charge in [0.05, 0.1) is 0 Å². The lowest BCUT2D eigenvalue weighted by molar-refractivity contribution is -0.290. The van der Waals surface area contributed by atoms with Crippen LogP contribution in [0.5, 0.6) is 0 Å². The van der Waals surface area contributed by atoms with Crippen molar-refractivity contribution in [2.24, 2.45) is 5.73 Å². The first kappa shape index (κ1) is 12.8. The van der Waals surface area contributed by atoms with Gasteiger partial charge in [-0.3, -0.25) is 0 Å². The highest BCUT2D eigenvalue weighted by Gasteiger charge is 2.62. The van der Waals surface area contributed by atoms with Crippen LogP contribution < -0.4 is 5.73 Å². The first-order valence-corrected chi connectivity index (χ1v) is 5.01. The van der Waals surface area contributed by atoms with Crippen molar-refractivity contribution < 1.29 is 22.0 Å². The Bertz CT molecular complexity index is 558. The standard InChI is InChI=1S/C11H9F5N2/c12-10(13,11(14,15)16)9(17)7-5-18-8-4-2-1-3-6(7)8/h1-5,9,18H,17H2/t9-/m0/s1. The number of hydrogen-bond acceptors (Lipinski definition) is 1. The molecule has 0 radical (unpaired) electrons. The molecule has 18 heavy (non-hydrogen) atoms. The first-order valence-electron chi connectivity index (χ1n) is 5.01. The zero-order chi connectivity index (χ0) is 13.6. The molecule has 0 amide bonds. The third-order valence-electron chi connectivity index (χ3n) is 2.72. The molecule has 0 aliphatic carbocycles. The van der Waals surface area contributed by atoms with Crippen LogP contribution in [0.1, 0.15) is 11.6 Å². The van der Waals surface area contributed by atoms with Gasteiger partial charge in [-0.15, -0.1) is 0 Å². The van der Waals surface area contributed by atoms with Crippen molar-refractivity contribution >= 4 is 10.9 Å². The average molecular weight is 264 g/mol. The van der Waals surface area contributed by atoms with Gasteiger partial charge in [0.2, 0.25) is 0 Å². The molecule has 0 bridgehead atoms. The van der Waals surface area contributed by atoms with Gasteiger partial charge in [-0.25, -0.2) is 0 Å². The van der Waals surface area contributed by atoms with Gasteiger partial charge in [0, 0.05) is 22.7 Å². The largest absolute Gasteiger partial charge is 0.455 e. The highest BCUT2D eigenvalue weighted by molar-refractivity contribution is 5.83. The smallest absolute Gasteiger partial charge is 0.361 e. The quantitative estimate of drug-likeness (QED) is 0.802. The average Bonchev–Trinajstić information content (AvgIpc) is 2.70. The molecule has 1 aromatic carbocycles. The van der Waals surface area contributed by atoms with Crippen LogP contribution in [0.2, 0.25) is 0 Å². The van der Waals surface area contributed by atoms with Crippen LogP contribution in [0.4, 0.5) is 22.0 Å². The Hall–Kier alpha value is -1.63. The molecule has 2 aromatic rings. The molecular weight excluding hydrogens is 255 g/mol. The summed E-state index contributed by atoms with van der Waals surface area (Å²) in [5.74, 6) is -4.97. The molecule has 7 heteroatoms. The minimum absolute atomic E-state index is 0.257. The maximum atomic E-state index is 13.2. The van der Waals surface area contributed by atoms with E-state index in [1.807, 2.05) is 0 Å². The van der Waals surface area contributed by atoms with E-state index in [0.29, 0.717) is 5.52 Å². The zero-order valence-corrected chi connectivity index (χ0v) is 8.93. The van der Waals surface area contributed by atoms with E-state index in [2.05, 4.69) is 4.98 Å². The summed E-state index contributed by atoms with van der Waals surface area (Å²) < 4.78 is 63.0. The molecule has 2 nitrogen and oxygen atoms in total. The predicted molar refractivity (Wildman–Crippen MR) is 56.2 cm³/mol. The molecule has 1 heterocycles. The molecule has 1 atom stereocenters. The number of hydrogen-bond donors (Lipinski definition) is 2. The maximum Gasteiger partial charge on any atom is 0.455 e. The van der Waals surface area contributed by atoms with Gasteiger partial charge in [0.15, 0.2) is 0 Å². The summed E-state index contributed by atoms with van der Waals surface area (Å²) in [5.41, 5.74) is 5.28. The van der Waals surface area contributed by atoms with Crippen LogP contribution in [-0.2, 0) is 0 Å². The van der Waals surface area contributed by atoms with E-state index < -0.39 is 18.1 Å². The number of rotatable bonds is 2. The molecule has 0 saturated carbocycles. The summed E-state index contributed by atoms with van der Waals surface area (Å²) in [6.45, 7) is 0. The van der Waals surface area contributed by atoms with E-state index in [-0.39, 0.29) is 10.9 Å². The van der Waals surface area contributed by atoms with Crippen LogP contribution >= 0.6 is 0 Å². The number of para-hydroxylation sites is 1. The molecule has 1 aromatic heterocycles. The molecule has 2 rings (SSSR count). The van der Waals surface area contributed by atoms with Gasteiger partial charge in [-0.2, -0.15) is 22.0 Å². The fourth-order valence-corrected chi connectivity index (χ4v) is 1.72. The van der Waals surface area contributed by atoms with Gasteiger partial charge in [0.25, 0.3) is 0 Å². The lowest BCUT2D eigenvalue weighted by Gasteiger charge is -2.25. The minimum Gasteiger partial charge on any atom is -0.361 e. The number of benzene rings is 1. The lowest BCUT2D eigenvalue weighted by Crippen LogP contribution is -2.45. The Morgan fingerprint density at radius 3 is 2.28 bits per heavy atom. The van der Waals surface area contributed by atoms with E-state index in [0.717, 1.165) is 6.20 Å². The van der Waals surface area contributed by atoms with Crippen molar-refractivity contribution in [3.8, 4) is 0 Å². The van der Waals surface area contributed by atoms with Crippen molar-refractivity contribution in [2.75, 3.05) is 0 Å². The summed E-state index contributed by atoms with van der Waals surface area (Å²) in [4.78, 5) is 2.61. The second-order valence-corrected chi connectivity index (χ2v) is 3.89. The second-order valence-electron chi connectivity index (χ2n) is 3.89. The van der Waals surface area contributed by atoms with E-state index >= 15 is 0 Å². The lowest BCUT2D eigenvalue weighted by atomic mass is 10.0. The summed E-state index contributed by atoms with van der Waals surface area (Å²) in [6.07, 6.45) is -4.60. The maximum absolute atomic E-state index is 13.2. The van der Waals surface area contributed by atoms with Gasteiger partial charge < -0.3 is 10.7 Å². The molecule has 98 valence electrons. The van der Waals surface area contributed by atoms with E-state index in [4.69, 9.17) is 5.73 Å². The Balaban J connectivity index is 2.49. The zero-order valence-electron chi connectivity index (χ0n) is 8.93. The molecule has 0 unspecified atom stereocenters. The van der Waals surface area contributed by atoms with Crippen molar-refractivity contribution in [3.05, 3.63) is 36.0 Å². The van der Waals surface area contributed by atoms with Crippen molar-refractivity contribution in [1.29, 1.82) is 0 Å². The van der Waals surface area contributed by atoms with Crippen LogP contribution in [0.25, 0.3) is 10.9 Å². The van der Waals surface area contributed by atoms with Crippen molar-refractivity contribution in [3.63, 3.8) is 0 Å². The van der Waals surface area contributed by atoms with Crippen LogP contribution in [0.15, 0.2) is 30.5 Å². The Morgan fingerprint density at radius 2 is 1.67 bits per heavy atom. The SMILES string of the molecule is N[C@@H](c1c[nH]c2ccccc12)C(F)(F)C(F)(F)F. The minimum atomic E-state index is -5.68. The molecule has 0 aliphatic heterocycles. The summed E-state index contributed by atoms with van der Waals surface area (Å²) >= 11 is 0. The van der Waals surface area contributed by atoms with E-state index in [1.165, 1.54) is 12.1 Å². The monoisotopic (exact) mass is 264 g/mol. The third-order valence-corrected chi connectivity index (χ3v) is 2.72. The summed E-state index contributed by atoms with van der Waals surface area (Å²) in [7, 11) is 0. The molecule has 0 fully saturated rings. The van der Waals surface area contributed by atoms with E-state index in [9.17, 15) is 22.0 Å².